The van der Waals surface area contributed by atoms with Gasteiger partial charge in [0.05, 0.1) is 0 Å². The number of halogens is 1. The average Bonchev–Trinajstić information content (AvgIpc) is 2.33. The second-order valence-corrected chi connectivity index (χ2v) is 4.52. The molecule has 0 heterocycles. The highest BCUT2D eigenvalue weighted by Gasteiger charge is 2.02. The Morgan fingerprint density at radius 2 is 2.11 bits per heavy atom. The highest BCUT2D eigenvalue weighted by atomic mass is 19.1. The lowest BCUT2D eigenvalue weighted by molar-refractivity contribution is -0.128. The summed E-state index contributed by atoms with van der Waals surface area (Å²) in [5.41, 5.74) is 0.992. The van der Waals surface area contributed by atoms with Crippen LogP contribution in [0.4, 0.5) is 4.39 Å². The molecule has 1 N–H and O–H groups in total. The van der Waals surface area contributed by atoms with Gasteiger partial charge in [0.1, 0.15) is 5.82 Å². The van der Waals surface area contributed by atoms with Crippen LogP contribution >= 0.6 is 0 Å². The zero-order chi connectivity index (χ0) is 13.4. The molecule has 100 valence electrons. The Labute approximate surface area is 108 Å². The number of carbonyl (C=O) groups is 1. The zero-order valence-electron chi connectivity index (χ0n) is 11.1. The van der Waals surface area contributed by atoms with Crippen LogP contribution in [0.1, 0.15) is 18.4 Å². The van der Waals surface area contributed by atoms with Crippen LogP contribution in [-0.4, -0.2) is 38.0 Å². The molecule has 4 heteroatoms. The molecular weight excluding hydrogens is 231 g/mol. The van der Waals surface area contributed by atoms with Gasteiger partial charge < -0.3 is 10.2 Å². The SMILES string of the molecule is CN(C)C(=O)CCCNCCc1cccc(F)c1. The van der Waals surface area contributed by atoms with Gasteiger partial charge >= 0.3 is 0 Å². The standard InChI is InChI=1S/C14H21FN2O/c1-17(2)14(18)7-4-9-16-10-8-12-5-3-6-13(15)11-12/h3,5-6,11,16H,4,7-10H2,1-2H3. The highest BCUT2D eigenvalue weighted by molar-refractivity contribution is 5.75. The van der Waals surface area contributed by atoms with E-state index in [4.69, 9.17) is 0 Å². The van der Waals surface area contributed by atoms with E-state index in [0.717, 1.165) is 31.5 Å². The van der Waals surface area contributed by atoms with Crippen LogP contribution in [0.2, 0.25) is 0 Å². The monoisotopic (exact) mass is 252 g/mol. The van der Waals surface area contributed by atoms with E-state index in [-0.39, 0.29) is 11.7 Å². The fourth-order valence-electron chi connectivity index (χ4n) is 1.64. The average molecular weight is 252 g/mol. The van der Waals surface area contributed by atoms with Crippen molar-refractivity contribution in [2.45, 2.75) is 19.3 Å². The van der Waals surface area contributed by atoms with E-state index in [1.165, 1.54) is 6.07 Å². The lowest BCUT2D eigenvalue weighted by Gasteiger charge is -2.10. The molecular formula is C14H21FN2O. The van der Waals surface area contributed by atoms with Gasteiger partial charge in [-0.3, -0.25) is 4.79 Å². The van der Waals surface area contributed by atoms with Crippen molar-refractivity contribution in [3.05, 3.63) is 35.6 Å². The summed E-state index contributed by atoms with van der Waals surface area (Å²) in [5.74, 6) is -0.0361. The number of hydrogen-bond donors (Lipinski definition) is 1. The molecule has 0 unspecified atom stereocenters. The van der Waals surface area contributed by atoms with Gasteiger partial charge in [-0.25, -0.2) is 4.39 Å². The van der Waals surface area contributed by atoms with Crippen LogP contribution in [0, 0.1) is 5.82 Å². The van der Waals surface area contributed by atoms with Gasteiger partial charge in [0.15, 0.2) is 0 Å². The minimum atomic E-state index is -0.191. The van der Waals surface area contributed by atoms with Crippen LogP contribution in [-0.2, 0) is 11.2 Å². The molecule has 0 radical (unpaired) electrons. The number of benzene rings is 1. The van der Waals surface area contributed by atoms with E-state index in [2.05, 4.69) is 5.32 Å². The largest absolute Gasteiger partial charge is 0.349 e. The van der Waals surface area contributed by atoms with Crippen LogP contribution in [0.5, 0.6) is 0 Å². The molecule has 0 aliphatic carbocycles. The van der Waals surface area contributed by atoms with Crippen LogP contribution < -0.4 is 5.32 Å². The molecule has 1 rings (SSSR count). The van der Waals surface area contributed by atoms with Crippen molar-refractivity contribution >= 4 is 5.91 Å². The molecule has 0 aliphatic heterocycles. The molecule has 0 atom stereocenters. The topological polar surface area (TPSA) is 32.3 Å². The Bertz CT molecular complexity index is 380. The Hall–Kier alpha value is -1.42. The zero-order valence-corrected chi connectivity index (χ0v) is 11.1. The van der Waals surface area contributed by atoms with E-state index in [1.54, 1.807) is 31.1 Å². The van der Waals surface area contributed by atoms with Crippen molar-refractivity contribution in [1.82, 2.24) is 10.2 Å². The number of carbonyl (C=O) groups excluding carboxylic acids is 1. The van der Waals surface area contributed by atoms with Crippen molar-refractivity contribution in [3.63, 3.8) is 0 Å². The molecule has 0 saturated carbocycles. The van der Waals surface area contributed by atoms with E-state index in [9.17, 15) is 9.18 Å². The van der Waals surface area contributed by atoms with Gasteiger partial charge in [-0.2, -0.15) is 0 Å². The van der Waals surface area contributed by atoms with Crippen molar-refractivity contribution in [2.75, 3.05) is 27.2 Å². The number of rotatable bonds is 7. The first kappa shape index (κ1) is 14.6. The van der Waals surface area contributed by atoms with Gasteiger partial charge in [-0.05, 0) is 43.6 Å². The smallest absolute Gasteiger partial charge is 0.222 e. The van der Waals surface area contributed by atoms with E-state index in [0.29, 0.717) is 6.42 Å². The lowest BCUT2D eigenvalue weighted by Crippen LogP contribution is -2.24. The Morgan fingerprint density at radius 1 is 1.33 bits per heavy atom. The van der Waals surface area contributed by atoms with Gasteiger partial charge in [0.25, 0.3) is 0 Å². The fraction of sp³-hybridized carbons (Fsp3) is 0.500. The Balaban J connectivity index is 2.07. The predicted octanol–water partition coefficient (Wildman–Crippen LogP) is 1.83. The maximum Gasteiger partial charge on any atom is 0.222 e. The lowest BCUT2D eigenvalue weighted by atomic mass is 10.1. The second kappa shape index (κ2) is 7.82. The molecule has 1 aromatic carbocycles. The number of nitrogens with zero attached hydrogens (tertiary/aromatic N) is 1. The molecule has 0 aromatic heterocycles. The van der Waals surface area contributed by atoms with Gasteiger partial charge in [0.2, 0.25) is 5.91 Å². The highest BCUT2D eigenvalue weighted by Crippen LogP contribution is 2.03. The minimum absolute atomic E-state index is 0.155. The number of nitrogens with one attached hydrogen (secondary N) is 1. The summed E-state index contributed by atoms with van der Waals surface area (Å²) in [5, 5.41) is 3.25. The first-order valence-corrected chi connectivity index (χ1v) is 6.25. The van der Waals surface area contributed by atoms with E-state index < -0.39 is 0 Å². The molecule has 1 amide bonds. The normalized spacial score (nSPS) is 10.4. The summed E-state index contributed by atoms with van der Waals surface area (Å²) >= 11 is 0. The summed E-state index contributed by atoms with van der Waals surface area (Å²) < 4.78 is 12.9. The molecule has 0 fully saturated rings. The van der Waals surface area contributed by atoms with Gasteiger partial charge in [-0.1, -0.05) is 12.1 Å². The number of amides is 1. The molecule has 1 aromatic rings. The van der Waals surface area contributed by atoms with Gasteiger partial charge in [0, 0.05) is 20.5 Å². The van der Waals surface area contributed by atoms with Crippen LogP contribution in [0.3, 0.4) is 0 Å². The quantitative estimate of drug-likeness (QED) is 0.751. The Morgan fingerprint density at radius 3 is 2.78 bits per heavy atom. The molecule has 0 spiro atoms. The predicted molar refractivity (Wildman–Crippen MR) is 70.9 cm³/mol. The summed E-state index contributed by atoms with van der Waals surface area (Å²) in [6.07, 6.45) is 2.21. The summed E-state index contributed by atoms with van der Waals surface area (Å²) in [7, 11) is 3.53. The van der Waals surface area contributed by atoms with Gasteiger partial charge in [-0.15, -0.1) is 0 Å². The summed E-state index contributed by atoms with van der Waals surface area (Å²) in [4.78, 5) is 12.9. The third-order valence-corrected chi connectivity index (χ3v) is 2.72. The maximum absolute atomic E-state index is 12.9. The van der Waals surface area contributed by atoms with E-state index in [1.807, 2.05) is 6.07 Å². The maximum atomic E-state index is 12.9. The fourth-order valence-corrected chi connectivity index (χ4v) is 1.64. The molecule has 3 nitrogen and oxygen atoms in total. The minimum Gasteiger partial charge on any atom is -0.349 e. The summed E-state index contributed by atoms with van der Waals surface area (Å²) in [6.45, 7) is 1.62. The third-order valence-electron chi connectivity index (χ3n) is 2.72. The van der Waals surface area contributed by atoms with Crippen molar-refractivity contribution in [2.24, 2.45) is 0 Å². The molecule has 0 aliphatic rings. The third kappa shape index (κ3) is 5.77. The first-order valence-electron chi connectivity index (χ1n) is 6.25. The molecule has 0 bridgehead atoms. The van der Waals surface area contributed by atoms with Crippen LogP contribution in [0.25, 0.3) is 0 Å². The van der Waals surface area contributed by atoms with Crippen molar-refractivity contribution in [3.8, 4) is 0 Å². The van der Waals surface area contributed by atoms with Crippen molar-refractivity contribution in [1.29, 1.82) is 0 Å². The first-order chi connectivity index (χ1) is 8.59. The van der Waals surface area contributed by atoms with Crippen LogP contribution in [0.15, 0.2) is 24.3 Å². The van der Waals surface area contributed by atoms with E-state index >= 15 is 0 Å². The Kier molecular flexibility index (Phi) is 6.36. The molecule has 0 saturated heterocycles. The number of hydrogen-bond acceptors (Lipinski definition) is 2. The van der Waals surface area contributed by atoms with Crippen molar-refractivity contribution < 1.29 is 9.18 Å². The summed E-state index contributed by atoms with van der Waals surface area (Å²) in [6, 6.07) is 6.64. The molecule has 18 heavy (non-hydrogen) atoms. The second-order valence-electron chi connectivity index (χ2n) is 4.52.